The molecule has 0 fully saturated rings. The van der Waals surface area contributed by atoms with Gasteiger partial charge in [-0.1, -0.05) is 66.7 Å². The van der Waals surface area contributed by atoms with Gasteiger partial charge >= 0.3 is 16.1 Å². The largest absolute Gasteiger partial charge is 0.480 e. The van der Waals surface area contributed by atoms with Crippen LogP contribution in [0.5, 0.6) is 5.75 Å². The quantitative estimate of drug-likeness (QED) is 0.262. The summed E-state index contributed by atoms with van der Waals surface area (Å²) in [5.41, 5.74) is 1.87. The van der Waals surface area contributed by atoms with E-state index in [2.05, 4.69) is 4.72 Å². The van der Waals surface area contributed by atoms with Crippen molar-refractivity contribution < 1.29 is 30.9 Å². The zero-order valence-electron chi connectivity index (χ0n) is 21.3. The van der Waals surface area contributed by atoms with Gasteiger partial charge in [-0.15, -0.1) is 0 Å². The van der Waals surface area contributed by atoms with Gasteiger partial charge in [-0.25, -0.2) is 13.1 Å². The number of nitrogens with one attached hydrogen (secondary N) is 1. The Bertz CT molecular complexity index is 1690. The number of rotatable bonds is 11. The molecule has 0 unspecified atom stereocenters. The molecule has 0 aliphatic heterocycles. The highest BCUT2D eigenvalue weighted by Gasteiger charge is 2.25. The molecule has 0 aliphatic rings. The van der Waals surface area contributed by atoms with Gasteiger partial charge in [0.25, 0.3) is 0 Å². The second kappa shape index (κ2) is 11.4. The molecule has 11 heteroatoms. The van der Waals surface area contributed by atoms with E-state index in [0.717, 1.165) is 11.1 Å². The summed E-state index contributed by atoms with van der Waals surface area (Å²) in [4.78, 5) is 13.7. The summed E-state index contributed by atoms with van der Waals surface area (Å²) in [5.74, 6) is -1.65. The number of benzene rings is 4. The molecular weight excluding hydrogens is 540 g/mol. The fourth-order valence-electron chi connectivity index (χ4n) is 4.19. The van der Waals surface area contributed by atoms with Crippen LogP contribution in [-0.4, -0.2) is 48.0 Å². The van der Waals surface area contributed by atoms with Crippen LogP contribution >= 0.6 is 0 Å². The summed E-state index contributed by atoms with van der Waals surface area (Å²) in [7, 11) is -4.37. The fourth-order valence-corrected chi connectivity index (χ4v) is 6.67. The van der Waals surface area contributed by atoms with Crippen LogP contribution in [0.4, 0.5) is 5.69 Å². The van der Waals surface area contributed by atoms with Gasteiger partial charge in [-0.3, -0.25) is 4.79 Å². The molecule has 9 nitrogen and oxygen atoms in total. The number of hydrogen-bond acceptors (Lipinski definition) is 7. The Hall–Kier alpha value is -3.93. The zero-order valence-corrected chi connectivity index (χ0v) is 22.9. The highest BCUT2D eigenvalue weighted by atomic mass is 32.2. The topological polar surface area (TPSA) is 130 Å². The number of carbonyl (C=O) groups is 1. The molecule has 4 aromatic carbocycles. The van der Waals surface area contributed by atoms with Crippen molar-refractivity contribution in [2.24, 2.45) is 0 Å². The van der Waals surface area contributed by atoms with Crippen LogP contribution in [0.1, 0.15) is 11.1 Å². The van der Waals surface area contributed by atoms with Gasteiger partial charge in [0.05, 0.1) is 5.75 Å². The molecule has 4 rings (SSSR count). The maximum atomic E-state index is 13.2. The molecular formula is C28H28N2O7S2. The SMILES string of the molecule is CN(C)c1cccc2c(S(=O)(=O)Oc3ccc(C[C@H](NS(=O)(=O)Cc4ccccc4)C(=O)O)cc3)cccc12. The van der Waals surface area contributed by atoms with E-state index < -0.39 is 32.2 Å². The highest BCUT2D eigenvalue weighted by Crippen LogP contribution is 2.31. The standard InChI is InChI=1S/C28H28N2O7S2/c1-30(2)26-12-6-11-24-23(26)10-7-13-27(24)39(35,36)37-22-16-14-20(15-17-22)18-25(28(31)32)29-38(33,34)19-21-8-4-3-5-9-21/h3-17,25,29H,18-19H2,1-2H3,(H,31,32)/t25-/m0/s1. The Morgan fingerprint density at radius 2 is 1.46 bits per heavy atom. The number of sulfonamides is 1. The highest BCUT2D eigenvalue weighted by molar-refractivity contribution is 7.88. The van der Waals surface area contributed by atoms with Crippen molar-refractivity contribution in [2.75, 3.05) is 19.0 Å². The molecule has 0 aromatic heterocycles. The maximum Gasteiger partial charge on any atom is 0.339 e. The predicted octanol–water partition coefficient (Wildman–Crippen LogP) is 3.79. The zero-order chi connectivity index (χ0) is 28.2. The number of aliphatic carboxylic acids is 1. The molecule has 1 atom stereocenters. The number of carboxylic acid groups (broad SMARTS) is 1. The van der Waals surface area contributed by atoms with E-state index in [0.29, 0.717) is 16.5 Å². The molecule has 0 saturated carbocycles. The Morgan fingerprint density at radius 1 is 0.821 bits per heavy atom. The summed E-state index contributed by atoms with van der Waals surface area (Å²) < 4.78 is 59.0. The van der Waals surface area contributed by atoms with E-state index in [1.165, 1.54) is 30.3 Å². The number of carboxylic acids is 1. The normalized spacial score (nSPS) is 12.7. The lowest BCUT2D eigenvalue weighted by atomic mass is 10.1. The van der Waals surface area contributed by atoms with Crippen LogP contribution in [0.25, 0.3) is 10.8 Å². The van der Waals surface area contributed by atoms with Crippen LogP contribution in [0.3, 0.4) is 0 Å². The van der Waals surface area contributed by atoms with Crippen LogP contribution in [0, 0.1) is 0 Å². The number of fused-ring (bicyclic) bond motifs is 1. The molecule has 2 N–H and O–H groups in total. The first-order chi connectivity index (χ1) is 18.4. The molecule has 0 radical (unpaired) electrons. The van der Waals surface area contributed by atoms with E-state index >= 15 is 0 Å². The van der Waals surface area contributed by atoms with Crippen molar-refractivity contribution >= 4 is 42.6 Å². The first-order valence-corrected chi connectivity index (χ1v) is 15.0. The summed E-state index contributed by atoms with van der Waals surface area (Å²) >= 11 is 0. The van der Waals surface area contributed by atoms with Gasteiger partial charge in [-0.2, -0.15) is 8.42 Å². The third kappa shape index (κ3) is 6.94. The van der Waals surface area contributed by atoms with Crippen LogP contribution in [0.2, 0.25) is 0 Å². The molecule has 0 spiro atoms. The molecule has 0 aliphatic carbocycles. The number of anilines is 1. The summed E-state index contributed by atoms with van der Waals surface area (Å²) in [6.07, 6.45) is -0.146. The summed E-state index contributed by atoms with van der Waals surface area (Å²) in [5, 5.41) is 10.9. The van der Waals surface area contributed by atoms with E-state index in [9.17, 15) is 26.7 Å². The minimum atomic E-state index is -4.19. The van der Waals surface area contributed by atoms with Crippen LogP contribution in [-0.2, 0) is 37.1 Å². The second-order valence-corrected chi connectivity index (χ2v) is 12.4. The molecule has 39 heavy (non-hydrogen) atoms. The average molecular weight is 569 g/mol. The molecule has 0 amide bonds. The van der Waals surface area contributed by atoms with Gasteiger partial charge in [0, 0.05) is 30.6 Å². The van der Waals surface area contributed by atoms with E-state index in [1.807, 2.05) is 31.1 Å². The van der Waals surface area contributed by atoms with Crippen molar-refractivity contribution in [3.05, 3.63) is 102 Å². The van der Waals surface area contributed by atoms with Crippen molar-refractivity contribution in [1.82, 2.24) is 4.72 Å². The van der Waals surface area contributed by atoms with Crippen molar-refractivity contribution in [3.8, 4) is 5.75 Å². The fraction of sp³-hybridized carbons (Fsp3) is 0.179. The Balaban J connectivity index is 1.49. The average Bonchev–Trinajstić information content (AvgIpc) is 2.88. The Labute approximate surface area is 227 Å². The first kappa shape index (κ1) is 28.1. The molecule has 4 aromatic rings. The number of hydrogen-bond donors (Lipinski definition) is 2. The van der Waals surface area contributed by atoms with Gasteiger partial charge in [0.15, 0.2) is 0 Å². The Kier molecular flexibility index (Phi) is 8.24. The molecule has 0 saturated heterocycles. The third-order valence-corrected chi connectivity index (χ3v) is 8.66. The lowest BCUT2D eigenvalue weighted by molar-refractivity contribution is -0.138. The predicted molar refractivity (Wildman–Crippen MR) is 150 cm³/mol. The Morgan fingerprint density at radius 3 is 2.10 bits per heavy atom. The minimum absolute atomic E-state index is 0.0199. The lowest BCUT2D eigenvalue weighted by Crippen LogP contribution is -2.42. The first-order valence-electron chi connectivity index (χ1n) is 11.9. The smallest absolute Gasteiger partial charge is 0.339 e. The number of nitrogens with zero attached hydrogens (tertiary/aromatic N) is 1. The van der Waals surface area contributed by atoms with E-state index in [-0.39, 0.29) is 22.8 Å². The monoisotopic (exact) mass is 568 g/mol. The maximum absolute atomic E-state index is 13.2. The minimum Gasteiger partial charge on any atom is -0.480 e. The molecule has 0 heterocycles. The van der Waals surface area contributed by atoms with E-state index in [1.54, 1.807) is 48.5 Å². The second-order valence-electron chi connectivity index (χ2n) is 9.16. The van der Waals surface area contributed by atoms with Crippen LogP contribution in [0.15, 0.2) is 95.9 Å². The van der Waals surface area contributed by atoms with Gasteiger partial charge < -0.3 is 14.2 Å². The van der Waals surface area contributed by atoms with Crippen LogP contribution < -0.4 is 13.8 Å². The van der Waals surface area contributed by atoms with E-state index in [4.69, 9.17) is 4.18 Å². The van der Waals surface area contributed by atoms with Gasteiger partial charge in [0.1, 0.15) is 16.7 Å². The van der Waals surface area contributed by atoms with Crippen molar-refractivity contribution in [1.29, 1.82) is 0 Å². The summed E-state index contributed by atoms with van der Waals surface area (Å²) in [6.45, 7) is 0. The molecule has 204 valence electrons. The van der Waals surface area contributed by atoms with Crippen molar-refractivity contribution in [2.45, 2.75) is 23.1 Å². The molecule has 0 bridgehead atoms. The van der Waals surface area contributed by atoms with Gasteiger partial charge in [-0.05, 0) is 41.8 Å². The third-order valence-electron chi connectivity index (χ3n) is 6.00. The van der Waals surface area contributed by atoms with Gasteiger partial charge in [0.2, 0.25) is 10.0 Å². The lowest BCUT2D eigenvalue weighted by Gasteiger charge is -2.17. The van der Waals surface area contributed by atoms with Crippen molar-refractivity contribution in [3.63, 3.8) is 0 Å². The summed E-state index contributed by atoms with van der Waals surface area (Å²) in [6, 6.07) is 23.2.